The van der Waals surface area contributed by atoms with Gasteiger partial charge in [-0.05, 0) is 30.5 Å². The molecule has 0 fully saturated rings. The van der Waals surface area contributed by atoms with Gasteiger partial charge < -0.3 is 10.3 Å². The minimum Gasteiger partial charge on any atom is -0.472 e. The summed E-state index contributed by atoms with van der Waals surface area (Å²) in [6, 6.07) is 3.87. The molecule has 0 saturated heterocycles. The third kappa shape index (κ3) is 1.90. The van der Waals surface area contributed by atoms with E-state index < -0.39 is 0 Å². The van der Waals surface area contributed by atoms with Gasteiger partial charge in [-0.2, -0.15) is 9.89 Å². The molecule has 0 atom stereocenters. The quantitative estimate of drug-likeness (QED) is 0.711. The molecule has 0 radical (unpaired) electrons. The standard InChI is InChI=1S/C9H11N3O/c10-12-5-3-9(11-12)2-1-8-4-6-13-7-8/h3-7H,1-2,10H2. The number of aromatic nitrogens is 2. The van der Waals surface area contributed by atoms with E-state index in [-0.39, 0.29) is 0 Å². The highest BCUT2D eigenvalue weighted by Crippen LogP contribution is 2.05. The molecule has 4 nitrogen and oxygen atoms in total. The number of hydrogen-bond acceptors (Lipinski definition) is 3. The molecule has 0 aromatic carbocycles. The van der Waals surface area contributed by atoms with Gasteiger partial charge in [0, 0.05) is 6.20 Å². The number of nitrogens with two attached hydrogens (primary N) is 1. The molecule has 0 unspecified atom stereocenters. The van der Waals surface area contributed by atoms with Crippen LogP contribution in [0.5, 0.6) is 0 Å². The Labute approximate surface area is 75.9 Å². The van der Waals surface area contributed by atoms with Gasteiger partial charge in [0.1, 0.15) is 0 Å². The van der Waals surface area contributed by atoms with Crippen LogP contribution in [0, 0.1) is 0 Å². The molecule has 0 aliphatic rings. The zero-order valence-corrected chi connectivity index (χ0v) is 7.18. The molecule has 0 aliphatic heterocycles. The second kappa shape index (κ2) is 3.35. The summed E-state index contributed by atoms with van der Waals surface area (Å²) in [5.41, 5.74) is 2.19. The van der Waals surface area contributed by atoms with Crippen LogP contribution in [0.1, 0.15) is 11.3 Å². The second-order valence-corrected chi connectivity index (χ2v) is 2.92. The first-order valence-electron chi connectivity index (χ1n) is 4.15. The summed E-state index contributed by atoms with van der Waals surface area (Å²) in [6.45, 7) is 0. The molecule has 68 valence electrons. The predicted molar refractivity (Wildman–Crippen MR) is 48.5 cm³/mol. The third-order valence-corrected chi connectivity index (χ3v) is 1.91. The van der Waals surface area contributed by atoms with E-state index in [0.717, 1.165) is 18.5 Å². The summed E-state index contributed by atoms with van der Waals surface area (Å²) in [6.07, 6.45) is 7.00. The van der Waals surface area contributed by atoms with Gasteiger partial charge in [-0.1, -0.05) is 0 Å². The van der Waals surface area contributed by atoms with Gasteiger partial charge in [0.05, 0.1) is 18.2 Å². The summed E-state index contributed by atoms with van der Waals surface area (Å²) in [5.74, 6) is 5.41. The normalized spacial score (nSPS) is 10.5. The van der Waals surface area contributed by atoms with Crippen molar-refractivity contribution in [1.82, 2.24) is 9.89 Å². The van der Waals surface area contributed by atoms with Crippen molar-refractivity contribution in [3.05, 3.63) is 42.1 Å². The van der Waals surface area contributed by atoms with Crippen LogP contribution >= 0.6 is 0 Å². The highest BCUT2D eigenvalue weighted by molar-refractivity contribution is 5.09. The number of hydrogen-bond donors (Lipinski definition) is 1. The Balaban J connectivity index is 1.93. The Kier molecular flexibility index (Phi) is 2.04. The lowest BCUT2D eigenvalue weighted by Crippen LogP contribution is -2.08. The van der Waals surface area contributed by atoms with Crippen molar-refractivity contribution in [2.45, 2.75) is 12.8 Å². The largest absolute Gasteiger partial charge is 0.472 e. The Morgan fingerprint density at radius 1 is 1.38 bits per heavy atom. The van der Waals surface area contributed by atoms with Gasteiger partial charge in [-0.25, -0.2) is 0 Å². The van der Waals surface area contributed by atoms with Crippen molar-refractivity contribution in [3.63, 3.8) is 0 Å². The highest BCUT2D eigenvalue weighted by Gasteiger charge is 1.99. The highest BCUT2D eigenvalue weighted by atomic mass is 16.3. The maximum Gasteiger partial charge on any atom is 0.0934 e. The van der Waals surface area contributed by atoms with Crippen molar-refractivity contribution in [3.8, 4) is 0 Å². The predicted octanol–water partition coefficient (Wildman–Crippen LogP) is 0.975. The fraction of sp³-hybridized carbons (Fsp3) is 0.222. The first kappa shape index (κ1) is 7.91. The van der Waals surface area contributed by atoms with Crippen LogP contribution in [0.2, 0.25) is 0 Å². The maximum atomic E-state index is 5.41. The van der Waals surface area contributed by atoms with E-state index in [1.165, 1.54) is 10.4 Å². The molecular weight excluding hydrogens is 166 g/mol. The minimum absolute atomic E-state index is 0.893. The number of nitrogen functional groups attached to an aromatic ring is 1. The monoisotopic (exact) mass is 177 g/mol. The molecular formula is C9H11N3O. The average molecular weight is 177 g/mol. The van der Waals surface area contributed by atoms with Gasteiger partial charge in [0.15, 0.2) is 0 Å². The van der Waals surface area contributed by atoms with Crippen LogP contribution in [0.15, 0.2) is 35.3 Å². The second-order valence-electron chi connectivity index (χ2n) is 2.92. The van der Waals surface area contributed by atoms with E-state index in [1.807, 2.05) is 12.1 Å². The van der Waals surface area contributed by atoms with Gasteiger partial charge in [0.25, 0.3) is 0 Å². The molecule has 0 amide bonds. The first-order chi connectivity index (χ1) is 6.34. The van der Waals surface area contributed by atoms with Crippen LogP contribution in [0.25, 0.3) is 0 Å². The molecule has 2 aromatic heterocycles. The van der Waals surface area contributed by atoms with Crippen LogP contribution < -0.4 is 5.84 Å². The van der Waals surface area contributed by atoms with Crippen molar-refractivity contribution < 1.29 is 4.42 Å². The summed E-state index contributed by atoms with van der Waals surface area (Å²) in [7, 11) is 0. The molecule has 0 aliphatic carbocycles. The summed E-state index contributed by atoms with van der Waals surface area (Å²) in [4.78, 5) is 1.32. The molecule has 2 rings (SSSR count). The van der Waals surface area contributed by atoms with E-state index in [0.29, 0.717) is 0 Å². The van der Waals surface area contributed by atoms with Crippen LogP contribution in [-0.2, 0) is 12.8 Å². The molecule has 2 N–H and O–H groups in total. The van der Waals surface area contributed by atoms with Crippen molar-refractivity contribution >= 4 is 0 Å². The van der Waals surface area contributed by atoms with E-state index in [1.54, 1.807) is 18.7 Å². The lowest BCUT2D eigenvalue weighted by atomic mass is 10.1. The first-order valence-corrected chi connectivity index (χ1v) is 4.15. The lowest BCUT2D eigenvalue weighted by Gasteiger charge is -1.92. The molecule has 0 bridgehead atoms. The molecule has 0 spiro atoms. The zero-order valence-electron chi connectivity index (χ0n) is 7.18. The lowest BCUT2D eigenvalue weighted by molar-refractivity contribution is 0.563. The summed E-state index contributed by atoms with van der Waals surface area (Å²) >= 11 is 0. The Morgan fingerprint density at radius 2 is 2.31 bits per heavy atom. The fourth-order valence-electron chi connectivity index (χ4n) is 1.22. The number of furan rings is 1. The molecule has 0 saturated carbocycles. The molecule has 13 heavy (non-hydrogen) atoms. The van der Waals surface area contributed by atoms with Crippen LogP contribution in [0.4, 0.5) is 0 Å². The Morgan fingerprint density at radius 3 is 2.92 bits per heavy atom. The summed E-state index contributed by atoms with van der Waals surface area (Å²) < 4.78 is 4.96. The van der Waals surface area contributed by atoms with E-state index >= 15 is 0 Å². The number of rotatable bonds is 3. The average Bonchev–Trinajstić information content (AvgIpc) is 2.71. The van der Waals surface area contributed by atoms with Gasteiger partial charge in [0.2, 0.25) is 0 Å². The molecule has 2 aromatic rings. The molecule has 2 heterocycles. The van der Waals surface area contributed by atoms with Crippen molar-refractivity contribution in [1.29, 1.82) is 0 Å². The smallest absolute Gasteiger partial charge is 0.0934 e. The number of aryl methyl sites for hydroxylation is 2. The van der Waals surface area contributed by atoms with E-state index in [2.05, 4.69) is 5.10 Å². The van der Waals surface area contributed by atoms with E-state index in [9.17, 15) is 0 Å². The van der Waals surface area contributed by atoms with Crippen molar-refractivity contribution in [2.75, 3.05) is 5.84 Å². The Bertz CT molecular complexity index is 364. The SMILES string of the molecule is Nn1ccc(CCc2ccoc2)n1. The van der Waals surface area contributed by atoms with Gasteiger partial charge >= 0.3 is 0 Å². The topological polar surface area (TPSA) is 57.0 Å². The van der Waals surface area contributed by atoms with Crippen LogP contribution in [0.3, 0.4) is 0 Å². The maximum absolute atomic E-state index is 5.41. The van der Waals surface area contributed by atoms with Crippen molar-refractivity contribution in [2.24, 2.45) is 0 Å². The minimum atomic E-state index is 0.893. The van der Waals surface area contributed by atoms with E-state index in [4.69, 9.17) is 10.3 Å². The fourth-order valence-corrected chi connectivity index (χ4v) is 1.22. The van der Waals surface area contributed by atoms with Gasteiger partial charge in [-0.3, -0.25) is 0 Å². The molecule has 4 heteroatoms. The number of nitrogens with zero attached hydrogens (tertiary/aromatic N) is 2. The Hall–Kier alpha value is -1.71. The van der Waals surface area contributed by atoms with Gasteiger partial charge in [-0.15, -0.1) is 0 Å². The summed E-state index contributed by atoms with van der Waals surface area (Å²) in [5, 5.41) is 4.07. The zero-order chi connectivity index (χ0) is 9.10. The van der Waals surface area contributed by atoms with Crippen LogP contribution in [-0.4, -0.2) is 9.89 Å². The third-order valence-electron chi connectivity index (χ3n) is 1.91.